The highest BCUT2D eigenvalue weighted by atomic mass is 16.2. The van der Waals surface area contributed by atoms with E-state index >= 15 is 0 Å². The van der Waals surface area contributed by atoms with Crippen molar-refractivity contribution < 1.29 is 4.79 Å². The van der Waals surface area contributed by atoms with Crippen LogP contribution in [0.4, 0.5) is 5.82 Å². The minimum atomic E-state index is -0.0159. The van der Waals surface area contributed by atoms with Crippen molar-refractivity contribution in [2.45, 2.75) is 6.42 Å². The van der Waals surface area contributed by atoms with Crippen molar-refractivity contribution >= 4 is 11.7 Å². The number of amides is 1. The Hall–Kier alpha value is -1.62. The van der Waals surface area contributed by atoms with Crippen molar-refractivity contribution in [3.05, 3.63) is 23.9 Å². The molecule has 0 aliphatic rings. The molecule has 0 radical (unpaired) electrons. The summed E-state index contributed by atoms with van der Waals surface area (Å²) in [6.45, 7) is 1.70. The van der Waals surface area contributed by atoms with Gasteiger partial charge in [0, 0.05) is 25.4 Å². The SMILES string of the molecule is CN(C)CCCN(C)C(=O)c1ccnc(N)c1. The van der Waals surface area contributed by atoms with Gasteiger partial charge >= 0.3 is 0 Å². The maximum atomic E-state index is 12.0. The number of hydrogen-bond acceptors (Lipinski definition) is 4. The Morgan fingerprint density at radius 2 is 2.06 bits per heavy atom. The van der Waals surface area contributed by atoms with Gasteiger partial charge in [0.15, 0.2) is 0 Å². The van der Waals surface area contributed by atoms with Crippen molar-refractivity contribution in [3.8, 4) is 0 Å². The number of nitrogens with zero attached hydrogens (tertiary/aromatic N) is 3. The molecule has 17 heavy (non-hydrogen) atoms. The van der Waals surface area contributed by atoms with Gasteiger partial charge in [-0.2, -0.15) is 0 Å². The maximum absolute atomic E-state index is 12.0. The number of rotatable bonds is 5. The summed E-state index contributed by atoms with van der Waals surface area (Å²) in [6.07, 6.45) is 2.51. The fourth-order valence-electron chi connectivity index (χ4n) is 1.53. The molecule has 1 rings (SSSR count). The van der Waals surface area contributed by atoms with Crippen LogP contribution < -0.4 is 5.73 Å². The molecule has 0 aromatic carbocycles. The molecule has 0 bridgehead atoms. The molecule has 1 aromatic heterocycles. The normalized spacial score (nSPS) is 10.6. The fraction of sp³-hybridized carbons (Fsp3) is 0.500. The van der Waals surface area contributed by atoms with E-state index in [2.05, 4.69) is 9.88 Å². The Morgan fingerprint density at radius 3 is 2.65 bits per heavy atom. The molecular formula is C12H20N4O. The third kappa shape index (κ3) is 4.40. The molecule has 2 N–H and O–H groups in total. The third-order valence-electron chi connectivity index (χ3n) is 2.47. The van der Waals surface area contributed by atoms with Crippen molar-refractivity contribution in [1.82, 2.24) is 14.8 Å². The predicted molar refractivity (Wildman–Crippen MR) is 68.8 cm³/mol. The zero-order valence-corrected chi connectivity index (χ0v) is 10.7. The lowest BCUT2D eigenvalue weighted by Gasteiger charge is -2.18. The van der Waals surface area contributed by atoms with Gasteiger partial charge < -0.3 is 15.5 Å². The number of carbonyl (C=O) groups is 1. The molecule has 1 heterocycles. The summed E-state index contributed by atoms with van der Waals surface area (Å²) < 4.78 is 0. The number of hydrogen-bond donors (Lipinski definition) is 1. The average Bonchev–Trinajstić information content (AvgIpc) is 2.27. The summed E-state index contributed by atoms with van der Waals surface area (Å²) in [7, 11) is 5.84. The fourth-order valence-corrected chi connectivity index (χ4v) is 1.53. The van der Waals surface area contributed by atoms with Gasteiger partial charge in [-0.1, -0.05) is 0 Å². The predicted octanol–water partition coefficient (Wildman–Crippen LogP) is 0.687. The average molecular weight is 236 g/mol. The molecule has 0 aliphatic heterocycles. The minimum absolute atomic E-state index is 0.0159. The maximum Gasteiger partial charge on any atom is 0.253 e. The van der Waals surface area contributed by atoms with Crippen LogP contribution >= 0.6 is 0 Å². The number of nitrogens with two attached hydrogens (primary N) is 1. The van der Waals surface area contributed by atoms with E-state index in [1.807, 2.05) is 14.1 Å². The molecule has 0 saturated carbocycles. The Balaban J connectivity index is 2.52. The second-order valence-corrected chi connectivity index (χ2v) is 4.35. The number of aromatic nitrogens is 1. The van der Waals surface area contributed by atoms with Crippen molar-refractivity contribution in [1.29, 1.82) is 0 Å². The van der Waals surface area contributed by atoms with Crippen LogP contribution in [0.3, 0.4) is 0 Å². The summed E-state index contributed by atoms with van der Waals surface area (Å²) >= 11 is 0. The molecule has 5 heteroatoms. The molecule has 1 amide bonds. The third-order valence-corrected chi connectivity index (χ3v) is 2.47. The van der Waals surface area contributed by atoms with Crippen LogP contribution in [0.25, 0.3) is 0 Å². The van der Waals surface area contributed by atoms with Gasteiger partial charge in [-0.3, -0.25) is 4.79 Å². The Morgan fingerprint density at radius 1 is 1.35 bits per heavy atom. The molecule has 0 saturated heterocycles. The smallest absolute Gasteiger partial charge is 0.253 e. The van der Waals surface area contributed by atoms with E-state index in [1.165, 1.54) is 0 Å². The monoisotopic (exact) mass is 236 g/mol. The van der Waals surface area contributed by atoms with Crippen LogP contribution in [-0.2, 0) is 0 Å². The minimum Gasteiger partial charge on any atom is -0.384 e. The van der Waals surface area contributed by atoms with E-state index in [0.717, 1.165) is 19.5 Å². The van der Waals surface area contributed by atoms with Gasteiger partial charge in [-0.05, 0) is 39.2 Å². The number of anilines is 1. The zero-order valence-electron chi connectivity index (χ0n) is 10.7. The highest BCUT2D eigenvalue weighted by Gasteiger charge is 2.11. The second-order valence-electron chi connectivity index (χ2n) is 4.35. The van der Waals surface area contributed by atoms with Crippen LogP contribution in [0.15, 0.2) is 18.3 Å². The first-order valence-electron chi connectivity index (χ1n) is 5.62. The zero-order chi connectivity index (χ0) is 12.8. The summed E-state index contributed by atoms with van der Waals surface area (Å²) in [5.74, 6) is 0.357. The Kier molecular flexibility index (Phi) is 4.90. The quantitative estimate of drug-likeness (QED) is 0.817. The van der Waals surface area contributed by atoms with Crippen LogP contribution in [0.1, 0.15) is 16.8 Å². The van der Waals surface area contributed by atoms with Crippen molar-refractivity contribution in [2.75, 3.05) is 40.0 Å². The number of pyridine rings is 1. The molecule has 1 aromatic rings. The van der Waals surface area contributed by atoms with E-state index in [9.17, 15) is 4.79 Å². The van der Waals surface area contributed by atoms with Gasteiger partial charge in [-0.25, -0.2) is 4.98 Å². The van der Waals surface area contributed by atoms with Gasteiger partial charge in [0.1, 0.15) is 5.82 Å². The van der Waals surface area contributed by atoms with Gasteiger partial charge in [0.2, 0.25) is 0 Å². The molecule has 5 nitrogen and oxygen atoms in total. The first-order chi connectivity index (χ1) is 8.00. The van der Waals surface area contributed by atoms with E-state index in [-0.39, 0.29) is 5.91 Å². The lowest BCUT2D eigenvalue weighted by Crippen LogP contribution is -2.29. The van der Waals surface area contributed by atoms with Gasteiger partial charge in [0.25, 0.3) is 5.91 Å². The topological polar surface area (TPSA) is 62.5 Å². The van der Waals surface area contributed by atoms with Gasteiger partial charge in [0.05, 0.1) is 0 Å². The largest absolute Gasteiger partial charge is 0.384 e. The van der Waals surface area contributed by atoms with E-state index in [4.69, 9.17) is 5.73 Å². The molecular weight excluding hydrogens is 216 g/mol. The summed E-state index contributed by atoms with van der Waals surface area (Å²) in [5, 5.41) is 0. The van der Waals surface area contributed by atoms with E-state index in [1.54, 1.807) is 30.3 Å². The number of carbonyl (C=O) groups excluding carboxylic acids is 1. The van der Waals surface area contributed by atoms with Crippen molar-refractivity contribution in [3.63, 3.8) is 0 Å². The van der Waals surface area contributed by atoms with E-state index in [0.29, 0.717) is 11.4 Å². The van der Waals surface area contributed by atoms with E-state index < -0.39 is 0 Å². The first kappa shape index (κ1) is 13.4. The molecule has 0 fully saturated rings. The van der Waals surface area contributed by atoms with Crippen LogP contribution in [-0.4, -0.2) is 54.9 Å². The second kappa shape index (κ2) is 6.20. The molecule has 0 spiro atoms. The molecule has 0 aliphatic carbocycles. The van der Waals surface area contributed by atoms with Crippen molar-refractivity contribution in [2.24, 2.45) is 0 Å². The van der Waals surface area contributed by atoms with Crippen LogP contribution in [0, 0.1) is 0 Å². The lowest BCUT2D eigenvalue weighted by molar-refractivity contribution is 0.0790. The highest BCUT2D eigenvalue weighted by Crippen LogP contribution is 2.06. The number of nitrogen functional groups attached to an aromatic ring is 1. The van der Waals surface area contributed by atoms with Gasteiger partial charge in [-0.15, -0.1) is 0 Å². The molecule has 0 unspecified atom stereocenters. The summed E-state index contributed by atoms with van der Waals surface area (Å²) in [4.78, 5) is 19.7. The Labute approximate surface area is 102 Å². The lowest BCUT2D eigenvalue weighted by atomic mass is 10.2. The highest BCUT2D eigenvalue weighted by molar-refractivity contribution is 5.94. The van der Waals surface area contributed by atoms with Crippen LogP contribution in [0.5, 0.6) is 0 Å². The summed E-state index contributed by atoms with van der Waals surface area (Å²) in [6, 6.07) is 3.28. The first-order valence-corrected chi connectivity index (χ1v) is 5.62. The molecule has 94 valence electrons. The Bertz CT molecular complexity index is 379. The standard InChI is InChI=1S/C12H20N4O/c1-15(2)7-4-8-16(3)12(17)10-5-6-14-11(13)9-10/h5-6,9H,4,7-8H2,1-3H3,(H2,13,14). The molecule has 0 atom stereocenters. The summed E-state index contributed by atoms with van der Waals surface area (Å²) in [5.41, 5.74) is 6.14. The van der Waals surface area contributed by atoms with Crippen LogP contribution in [0.2, 0.25) is 0 Å².